The van der Waals surface area contributed by atoms with E-state index in [9.17, 15) is 13.2 Å². The van der Waals surface area contributed by atoms with Crippen LogP contribution in [0.2, 0.25) is 0 Å². The SMILES string of the molecule is CCCCS(=O)(=O)N1CCC(C(=O)N2CCCC(N)C2)CC1.Cl. The van der Waals surface area contributed by atoms with Gasteiger partial charge in [0, 0.05) is 38.1 Å². The first-order valence-electron chi connectivity index (χ1n) is 8.46. The summed E-state index contributed by atoms with van der Waals surface area (Å²) >= 11 is 0. The second kappa shape index (κ2) is 9.20. The van der Waals surface area contributed by atoms with Crippen molar-refractivity contribution in [3.63, 3.8) is 0 Å². The largest absolute Gasteiger partial charge is 0.341 e. The zero-order valence-electron chi connectivity index (χ0n) is 13.9. The molecular formula is C15H30ClN3O3S. The molecule has 2 N–H and O–H groups in total. The lowest BCUT2D eigenvalue weighted by molar-refractivity contribution is -0.137. The van der Waals surface area contributed by atoms with Crippen molar-refractivity contribution in [1.29, 1.82) is 0 Å². The Balaban J connectivity index is 0.00000264. The highest BCUT2D eigenvalue weighted by molar-refractivity contribution is 7.89. The third-order valence-corrected chi connectivity index (χ3v) is 6.68. The lowest BCUT2D eigenvalue weighted by Gasteiger charge is -2.36. The van der Waals surface area contributed by atoms with Gasteiger partial charge in [0.2, 0.25) is 15.9 Å². The highest BCUT2D eigenvalue weighted by Gasteiger charge is 2.33. The smallest absolute Gasteiger partial charge is 0.225 e. The molecule has 136 valence electrons. The Labute approximate surface area is 146 Å². The summed E-state index contributed by atoms with van der Waals surface area (Å²) in [5.41, 5.74) is 5.94. The van der Waals surface area contributed by atoms with Crippen molar-refractivity contribution in [1.82, 2.24) is 9.21 Å². The molecule has 0 spiro atoms. The van der Waals surface area contributed by atoms with Crippen LogP contribution in [-0.4, -0.2) is 61.5 Å². The number of likely N-dealkylation sites (tertiary alicyclic amines) is 1. The zero-order valence-corrected chi connectivity index (χ0v) is 15.6. The van der Waals surface area contributed by atoms with Gasteiger partial charge in [0.1, 0.15) is 0 Å². The van der Waals surface area contributed by atoms with E-state index in [4.69, 9.17) is 5.73 Å². The van der Waals surface area contributed by atoms with Gasteiger partial charge in [-0.1, -0.05) is 13.3 Å². The van der Waals surface area contributed by atoms with Crippen LogP contribution in [0, 0.1) is 5.92 Å². The maximum Gasteiger partial charge on any atom is 0.225 e. The van der Waals surface area contributed by atoms with Crippen molar-refractivity contribution in [2.45, 2.75) is 51.5 Å². The molecule has 1 atom stereocenters. The number of carbonyl (C=O) groups is 1. The fourth-order valence-electron chi connectivity index (χ4n) is 3.31. The summed E-state index contributed by atoms with van der Waals surface area (Å²) in [7, 11) is -3.14. The molecule has 1 amide bonds. The van der Waals surface area contributed by atoms with Crippen LogP contribution in [0.3, 0.4) is 0 Å². The molecule has 0 aliphatic carbocycles. The maximum absolute atomic E-state index is 12.5. The fraction of sp³-hybridized carbons (Fsp3) is 0.933. The van der Waals surface area contributed by atoms with Gasteiger partial charge in [-0.2, -0.15) is 0 Å². The molecular weight excluding hydrogens is 338 g/mol. The number of rotatable bonds is 5. The van der Waals surface area contributed by atoms with Crippen molar-refractivity contribution in [2.24, 2.45) is 11.7 Å². The minimum Gasteiger partial charge on any atom is -0.341 e. The monoisotopic (exact) mass is 367 g/mol. The predicted octanol–water partition coefficient (Wildman–Crippen LogP) is 1.20. The molecule has 2 saturated heterocycles. The van der Waals surface area contributed by atoms with Crippen molar-refractivity contribution in [2.75, 3.05) is 31.9 Å². The van der Waals surface area contributed by atoms with Gasteiger partial charge in [0.25, 0.3) is 0 Å². The molecule has 8 heteroatoms. The number of sulfonamides is 1. The number of unbranched alkanes of at least 4 members (excludes halogenated alkanes) is 1. The molecule has 1 unspecified atom stereocenters. The minimum absolute atomic E-state index is 0. The molecule has 2 fully saturated rings. The molecule has 0 saturated carbocycles. The third kappa shape index (κ3) is 5.59. The zero-order chi connectivity index (χ0) is 16.2. The number of carbonyl (C=O) groups excluding carboxylic acids is 1. The Morgan fingerprint density at radius 3 is 2.39 bits per heavy atom. The average molecular weight is 368 g/mol. The minimum atomic E-state index is -3.14. The molecule has 0 bridgehead atoms. The van der Waals surface area contributed by atoms with Crippen LogP contribution in [0.25, 0.3) is 0 Å². The lowest BCUT2D eigenvalue weighted by Crippen LogP contribution is -2.50. The normalized spacial score (nSPS) is 24.3. The van der Waals surface area contributed by atoms with Gasteiger partial charge in [-0.25, -0.2) is 12.7 Å². The molecule has 0 aromatic carbocycles. The van der Waals surface area contributed by atoms with E-state index in [-0.39, 0.29) is 36.0 Å². The predicted molar refractivity (Wildman–Crippen MR) is 94.0 cm³/mol. The van der Waals surface area contributed by atoms with E-state index < -0.39 is 10.0 Å². The molecule has 0 aromatic heterocycles. The van der Waals surface area contributed by atoms with Crippen molar-refractivity contribution >= 4 is 28.3 Å². The van der Waals surface area contributed by atoms with Crippen LogP contribution < -0.4 is 5.73 Å². The van der Waals surface area contributed by atoms with Gasteiger partial charge in [0.05, 0.1) is 5.75 Å². The second-order valence-electron chi connectivity index (χ2n) is 6.53. The van der Waals surface area contributed by atoms with Gasteiger partial charge < -0.3 is 10.6 Å². The van der Waals surface area contributed by atoms with Gasteiger partial charge in [0.15, 0.2) is 0 Å². The summed E-state index contributed by atoms with van der Waals surface area (Å²) in [6.07, 6.45) is 4.80. The van der Waals surface area contributed by atoms with E-state index in [1.165, 1.54) is 0 Å². The van der Waals surface area contributed by atoms with Crippen LogP contribution in [0.1, 0.15) is 45.4 Å². The highest BCUT2D eigenvalue weighted by Crippen LogP contribution is 2.23. The van der Waals surface area contributed by atoms with Crippen LogP contribution in [0.15, 0.2) is 0 Å². The Bertz CT molecular complexity index is 478. The summed E-state index contributed by atoms with van der Waals surface area (Å²) in [5, 5.41) is 0. The summed E-state index contributed by atoms with van der Waals surface area (Å²) in [4.78, 5) is 14.4. The van der Waals surface area contributed by atoms with Crippen molar-refractivity contribution < 1.29 is 13.2 Å². The van der Waals surface area contributed by atoms with Crippen molar-refractivity contribution in [3.8, 4) is 0 Å². The number of piperidine rings is 2. The van der Waals surface area contributed by atoms with E-state index in [2.05, 4.69) is 0 Å². The molecule has 23 heavy (non-hydrogen) atoms. The quantitative estimate of drug-likeness (QED) is 0.791. The first kappa shape index (κ1) is 20.7. The van der Waals surface area contributed by atoms with Gasteiger partial charge in [-0.15, -0.1) is 12.4 Å². The molecule has 6 nitrogen and oxygen atoms in total. The molecule has 0 radical (unpaired) electrons. The molecule has 2 heterocycles. The highest BCUT2D eigenvalue weighted by atomic mass is 35.5. The Kier molecular flexibility index (Phi) is 8.27. The number of hydrogen-bond donors (Lipinski definition) is 1. The van der Waals surface area contributed by atoms with Crippen LogP contribution >= 0.6 is 12.4 Å². The Morgan fingerprint density at radius 2 is 1.83 bits per heavy atom. The summed E-state index contributed by atoms with van der Waals surface area (Å²) < 4.78 is 25.9. The Morgan fingerprint density at radius 1 is 1.17 bits per heavy atom. The van der Waals surface area contributed by atoms with E-state index >= 15 is 0 Å². The first-order valence-corrected chi connectivity index (χ1v) is 10.1. The van der Waals surface area contributed by atoms with Crippen molar-refractivity contribution in [3.05, 3.63) is 0 Å². The summed E-state index contributed by atoms with van der Waals surface area (Å²) in [6.45, 7) is 4.38. The van der Waals surface area contributed by atoms with Crippen LogP contribution in [0.5, 0.6) is 0 Å². The summed E-state index contributed by atoms with van der Waals surface area (Å²) in [5.74, 6) is 0.354. The van der Waals surface area contributed by atoms with Gasteiger partial charge in [-0.3, -0.25) is 4.79 Å². The van der Waals surface area contributed by atoms with Gasteiger partial charge in [-0.05, 0) is 32.1 Å². The topological polar surface area (TPSA) is 83.7 Å². The standard InChI is InChI=1S/C15H29N3O3S.ClH/c1-2-3-11-22(20,21)18-9-6-13(7-10-18)15(19)17-8-4-5-14(16)12-17;/h13-14H,2-12,16H2,1H3;1H. The third-order valence-electron chi connectivity index (χ3n) is 4.72. The van der Waals surface area contributed by atoms with Crippen LogP contribution in [0.4, 0.5) is 0 Å². The van der Waals surface area contributed by atoms with Gasteiger partial charge >= 0.3 is 0 Å². The van der Waals surface area contributed by atoms with E-state index in [0.29, 0.717) is 38.9 Å². The maximum atomic E-state index is 12.5. The fourth-order valence-corrected chi connectivity index (χ4v) is 4.98. The van der Waals surface area contributed by atoms with E-state index in [0.717, 1.165) is 25.8 Å². The molecule has 2 rings (SSSR count). The number of nitrogens with two attached hydrogens (primary N) is 1. The molecule has 2 aliphatic rings. The summed E-state index contributed by atoms with van der Waals surface area (Å²) in [6, 6.07) is 0.0900. The molecule has 2 aliphatic heterocycles. The first-order chi connectivity index (χ1) is 10.4. The second-order valence-corrected chi connectivity index (χ2v) is 8.62. The number of hydrogen-bond acceptors (Lipinski definition) is 4. The van der Waals surface area contributed by atoms with Crippen LogP contribution in [-0.2, 0) is 14.8 Å². The number of halogens is 1. The number of amides is 1. The number of nitrogens with zero attached hydrogens (tertiary/aromatic N) is 2. The lowest BCUT2D eigenvalue weighted by atomic mass is 9.95. The van der Waals surface area contributed by atoms with E-state index in [1.54, 1.807) is 4.31 Å². The molecule has 0 aromatic rings. The Hall–Kier alpha value is -0.370. The van der Waals surface area contributed by atoms with E-state index in [1.807, 2.05) is 11.8 Å². The average Bonchev–Trinajstić information content (AvgIpc) is 2.52.